The molecule has 1 aliphatic heterocycles. The van der Waals surface area contributed by atoms with Crippen molar-refractivity contribution in [2.45, 2.75) is 12.6 Å². The molecule has 2 atom stereocenters. The number of nitrogens with zero attached hydrogens (tertiary/aromatic N) is 1. The Hall–Kier alpha value is -0.920. The van der Waals surface area contributed by atoms with Crippen LogP contribution in [0.3, 0.4) is 0 Å². The Bertz CT molecular complexity index is 353. The van der Waals surface area contributed by atoms with Gasteiger partial charge in [-0.15, -0.1) is 0 Å². The normalized spacial score (nSPS) is 21.5. The fourth-order valence-electron chi connectivity index (χ4n) is 1.69. The number of fused-ring (bicyclic) bond motifs is 1. The molecule has 4 heteroatoms. The van der Waals surface area contributed by atoms with Crippen LogP contribution in [-0.2, 0) is 11.3 Å². The minimum Gasteiger partial charge on any atom is -0.480 e. The molecule has 0 spiro atoms. The second-order valence-corrected chi connectivity index (χ2v) is 3.78. The van der Waals surface area contributed by atoms with Crippen LogP contribution in [-0.4, -0.2) is 15.7 Å². The molecule has 1 aromatic carbocycles. The fourth-order valence-corrected chi connectivity index (χ4v) is 2.17. The van der Waals surface area contributed by atoms with Gasteiger partial charge in [0.05, 0.1) is 0 Å². The number of carbonyl (C=O) groups is 1. The lowest BCUT2D eigenvalue weighted by molar-refractivity contribution is -0.141. The van der Waals surface area contributed by atoms with E-state index in [1.54, 1.807) is 4.67 Å². The van der Waals surface area contributed by atoms with Gasteiger partial charge in [-0.3, -0.25) is 9.46 Å². The summed E-state index contributed by atoms with van der Waals surface area (Å²) >= 11 is 0. The van der Waals surface area contributed by atoms with Crippen LogP contribution >= 0.6 is 9.39 Å². The van der Waals surface area contributed by atoms with E-state index in [2.05, 4.69) is 9.39 Å². The Kier molecular flexibility index (Phi) is 2.06. The third-order valence-corrected chi connectivity index (χ3v) is 2.75. The molecule has 2 rings (SSSR count). The first-order valence-corrected chi connectivity index (χ1v) is 4.54. The summed E-state index contributed by atoms with van der Waals surface area (Å²) in [6.45, 7) is 0.692. The largest absolute Gasteiger partial charge is 0.480 e. The van der Waals surface area contributed by atoms with Gasteiger partial charge in [0.25, 0.3) is 0 Å². The van der Waals surface area contributed by atoms with Crippen molar-refractivity contribution in [3.8, 4) is 0 Å². The third kappa shape index (κ3) is 1.34. The maximum Gasteiger partial charge on any atom is 0.325 e. The quantitative estimate of drug-likeness (QED) is 0.689. The van der Waals surface area contributed by atoms with Crippen LogP contribution in [0, 0.1) is 0 Å². The van der Waals surface area contributed by atoms with E-state index in [-0.39, 0.29) is 0 Å². The minimum atomic E-state index is -0.792. The molecule has 0 fully saturated rings. The number of hydrogen-bond acceptors (Lipinski definition) is 2. The summed E-state index contributed by atoms with van der Waals surface area (Å²) in [5.74, 6) is -0.792. The third-order valence-electron chi connectivity index (χ3n) is 2.27. The lowest BCUT2D eigenvalue weighted by Crippen LogP contribution is -2.19. The van der Waals surface area contributed by atoms with Crippen molar-refractivity contribution in [2.75, 3.05) is 0 Å². The highest BCUT2D eigenvalue weighted by atomic mass is 31.0. The van der Waals surface area contributed by atoms with E-state index in [1.807, 2.05) is 24.3 Å². The number of carboxylic acid groups (broad SMARTS) is 1. The molecule has 3 nitrogen and oxygen atoms in total. The lowest BCUT2D eigenvalue weighted by Gasteiger charge is -2.14. The molecular weight excluding hydrogens is 185 g/mol. The van der Waals surface area contributed by atoms with Crippen molar-refractivity contribution < 1.29 is 9.90 Å². The van der Waals surface area contributed by atoms with Gasteiger partial charge in [-0.1, -0.05) is 33.7 Å². The topological polar surface area (TPSA) is 40.5 Å². The Morgan fingerprint density at radius 2 is 2.23 bits per heavy atom. The van der Waals surface area contributed by atoms with Gasteiger partial charge in [0.1, 0.15) is 6.04 Å². The summed E-state index contributed by atoms with van der Waals surface area (Å²) in [5.41, 5.74) is 2.01. The van der Waals surface area contributed by atoms with Gasteiger partial charge in [0.2, 0.25) is 0 Å². The van der Waals surface area contributed by atoms with Crippen LogP contribution in [0.4, 0.5) is 0 Å². The van der Waals surface area contributed by atoms with Gasteiger partial charge < -0.3 is 5.11 Å². The Morgan fingerprint density at radius 1 is 1.54 bits per heavy atom. The number of hydrogen-bond donors (Lipinski definition) is 1. The van der Waals surface area contributed by atoms with Crippen LogP contribution < -0.4 is 0 Å². The molecule has 1 N–H and O–H groups in total. The molecule has 13 heavy (non-hydrogen) atoms. The number of benzene rings is 1. The molecule has 0 amide bonds. The number of rotatable bonds is 1. The van der Waals surface area contributed by atoms with Gasteiger partial charge in [-0.05, 0) is 11.1 Å². The van der Waals surface area contributed by atoms with Gasteiger partial charge in [-0.25, -0.2) is 0 Å². The van der Waals surface area contributed by atoms with Crippen molar-refractivity contribution in [2.24, 2.45) is 0 Å². The second kappa shape index (κ2) is 3.09. The van der Waals surface area contributed by atoms with Crippen LogP contribution in [0.25, 0.3) is 0 Å². The molecule has 0 aliphatic carbocycles. The van der Waals surface area contributed by atoms with Crippen LogP contribution in [0.2, 0.25) is 0 Å². The van der Waals surface area contributed by atoms with E-state index in [1.165, 1.54) is 0 Å². The summed E-state index contributed by atoms with van der Waals surface area (Å²) in [4.78, 5) is 10.9. The first-order chi connectivity index (χ1) is 6.20. The molecule has 0 saturated heterocycles. The Morgan fingerprint density at radius 3 is 2.92 bits per heavy atom. The first-order valence-electron chi connectivity index (χ1n) is 4.02. The van der Waals surface area contributed by atoms with Crippen molar-refractivity contribution in [1.29, 1.82) is 0 Å². The summed E-state index contributed by atoms with van der Waals surface area (Å²) in [6.07, 6.45) is 0. The molecule has 68 valence electrons. The van der Waals surface area contributed by atoms with E-state index in [0.717, 1.165) is 11.1 Å². The van der Waals surface area contributed by atoms with Gasteiger partial charge >= 0.3 is 5.97 Å². The van der Waals surface area contributed by atoms with E-state index in [4.69, 9.17) is 5.11 Å². The van der Waals surface area contributed by atoms with E-state index < -0.39 is 12.0 Å². The molecule has 0 bridgehead atoms. The highest BCUT2D eigenvalue weighted by molar-refractivity contribution is 7.13. The van der Waals surface area contributed by atoms with Crippen molar-refractivity contribution in [3.05, 3.63) is 35.4 Å². The smallest absolute Gasteiger partial charge is 0.325 e. The highest BCUT2D eigenvalue weighted by Crippen LogP contribution is 2.35. The van der Waals surface area contributed by atoms with Gasteiger partial charge in [-0.2, -0.15) is 0 Å². The molecule has 0 radical (unpaired) electrons. The molecule has 1 aromatic rings. The minimum absolute atomic E-state index is 0.499. The zero-order chi connectivity index (χ0) is 9.42. The SMILES string of the molecule is O=C(O)C1c2ccccc2CN1P. The highest BCUT2D eigenvalue weighted by Gasteiger charge is 2.32. The molecular formula is C9H10NO2P. The van der Waals surface area contributed by atoms with Gasteiger partial charge in [0, 0.05) is 6.54 Å². The monoisotopic (exact) mass is 195 g/mol. The zero-order valence-corrected chi connectivity index (χ0v) is 8.13. The summed E-state index contributed by atoms with van der Waals surface area (Å²) in [7, 11) is 2.46. The van der Waals surface area contributed by atoms with Crippen LogP contribution in [0.5, 0.6) is 0 Å². The predicted octanol–water partition coefficient (Wildman–Crippen LogP) is 1.42. The molecule has 1 heterocycles. The van der Waals surface area contributed by atoms with Gasteiger partial charge in [0.15, 0.2) is 0 Å². The maximum atomic E-state index is 10.9. The van der Waals surface area contributed by atoms with Crippen molar-refractivity contribution in [1.82, 2.24) is 4.67 Å². The lowest BCUT2D eigenvalue weighted by atomic mass is 10.1. The van der Waals surface area contributed by atoms with E-state index in [9.17, 15) is 4.79 Å². The summed E-state index contributed by atoms with van der Waals surface area (Å²) in [5, 5.41) is 8.98. The predicted molar refractivity (Wildman–Crippen MR) is 52.1 cm³/mol. The van der Waals surface area contributed by atoms with Crippen molar-refractivity contribution in [3.63, 3.8) is 0 Å². The number of aliphatic carboxylic acids is 1. The van der Waals surface area contributed by atoms with E-state index >= 15 is 0 Å². The standard InChI is InChI=1S/C9H10NO2P/c11-9(12)8-7-4-2-1-3-6(7)5-10(8)13/h1-4,8H,5,13H2,(H,11,12). The van der Waals surface area contributed by atoms with Crippen LogP contribution in [0.1, 0.15) is 17.2 Å². The molecule has 0 aromatic heterocycles. The summed E-state index contributed by atoms with van der Waals surface area (Å²) < 4.78 is 1.76. The van der Waals surface area contributed by atoms with Crippen molar-refractivity contribution >= 4 is 15.4 Å². The number of carboxylic acids is 1. The molecule has 2 unspecified atom stereocenters. The van der Waals surface area contributed by atoms with E-state index in [0.29, 0.717) is 6.54 Å². The molecule has 0 saturated carbocycles. The average Bonchev–Trinajstić information content (AvgIpc) is 2.39. The Balaban J connectivity index is 2.46. The van der Waals surface area contributed by atoms with Crippen LogP contribution in [0.15, 0.2) is 24.3 Å². The molecule has 1 aliphatic rings. The Labute approximate surface area is 78.6 Å². The zero-order valence-electron chi connectivity index (χ0n) is 6.97. The fraction of sp³-hybridized carbons (Fsp3) is 0.222. The first kappa shape index (κ1) is 8.67. The maximum absolute atomic E-state index is 10.9. The summed E-state index contributed by atoms with van der Waals surface area (Å²) in [6, 6.07) is 7.15. The second-order valence-electron chi connectivity index (χ2n) is 3.11. The average molecular weight is 195 g/mol.